The number of carbonyl (C=O) groups is 2. The molecule has 5 rings (SSSR count). The Balaban J connectivity index is 1.42. The first-order chi connectivity index (χ1) is 23.1. The molecule has 0 aliphatic rings. The predicted molar refractivity (Wildman–Crippen MR) is 182 cm³/mol. The van der Waals surface area contributed by atoms with E-state index in [1.807, 2.05) is 44.2 Å². The minimum absolute atomic E-state index is 0.00333. The molecule has 5 aromatic rings. The van der Waals surface area contributed by atoms with Gasteiger partial charge in [-0.1, -0.05) is 74.5 Å². The highest BCUT2D eigenvalue weighted by Gasteiger charge is 2.23. The third-order valence-electron chi connectivity index (χ3n) is 7.91. The molecule has 0 atom stereocenters. The van der Waals surface area contributed by atoms with E-state index in [0.29, 0.717) is 36.3 Å². The number of imidazole rings is 1. The fourth-order valence-electron chi connectivity index (χ4n) is 5.52. The first-order valence-electron chi connectivity index (χ1n) is 15.9. The minimum Gasteiger partial charge on any atom is -0.355 e. The molecule has 10 nitrogen and oxygen atoms in total. The zero-order valence-electron chi connectivity index (χ0n) is 26.9. The molecule has 0 unspecified atom stereocenters. The van der Waals surface area contributed by atoms with Gasteiger partial charge in [-0.25, -0.2) is 22.5 Å². The van der Waals surface area contributed by atoms with Crippen LogP contribution in [0.1, 0.15) is 50.1 Å². The summed E-state index contributed by atoms with van der Waals surface area (Å²) in [4.78, 5) is 43.0. The van der Waals surface area contributed by atoms with Gasteiger partial charge in [-0.05, 0) is 48.6 Å². The number of aryl methyl sites for hydroxylation is 2. The molecule has 250 valence electrons. The number of benzene rings is 3. The van der Waals surface area contributed by atoms with Crippen molar-refractivity contribution < 1.29 is 22.4 Å². The Kier molecular flexibility index (Phi) is 10.8. The molecule has 0 radical (unpaired) electrons. The van der Waals surface area contributed by atoms with E-state index in [-0.39, 0.29) is 47.0 Å². The topological polar surface area (TPSA) is 132 Å². The lowest BCUT2D eigenvalue weighted by molar-refractivity contribution is -0.121. The molecule has 0 saturated carbocycles. The summed E-state index contributed by atoms with van der Waals surface area (Å²) in [5, 5.41) is 2.77. The van der Waals surface area contributed by atoms with Crippen LogP contribution in [0.25, 0.3) is 22.2 Å². The first kappa shape index (κ1) is 34.2. The van der Waals surface area contributed by atoms with E-state index in [1.165, 1.54) is 29.0 Å². The van der Waals surface area contributed by atoms with Crippen molar-refractivity contribution in [3.63, 3.8) is 0 Å². The highest BCUT2D eigenvalue weighted by Crippen LogP contribution is 2.29. The third kappa shape index (κ3) is 7.88. The molecular formula is C36H38FN5O5S. The molecule has 0 bridgehead atoms. The van der Waals surface area contributed by atoms with Crippen LogP contribution in [0.2, 0.25) is 0 Å². The zero-order valence-corrected chi connectivity index (χ0v) is 27.7. The summed E-state index contributed by atoms with van der Waals surface area (Å²) in [5.41, 5.74) is 2.03. The van der Waals surface area contributed by atoms with E-state index in [4.69, 9.17) is 0 Å². The van der Waals surface area contributed by atoms with Crippen LogP contribution in [-0.4, -0.2) is 40.9 Å². The van der Waals surface area contributed by atoms with Gasteiger partial charge in [-0.15, -0.1) is 0 Å². The maximum Gasteiger partial charge on any atom is 0.277 e. The van der Waals surface area contributed by atoms with Crippen LogP contribution in [0.15, 0.2) is 94.7 Å². The third-order valence-corrected chi connectivity index (χ3v) is 9.34. The van der Waals surface area contributed by atoms with Gasteiger partial charge in [0.2, 0.25) is 11.8 Å². The van der Waals surface area contributed by atoms with Gasteiger partial charge in [-0.3, -0.25) is 14.4 Å². The zero-order chi connectivity index (χ0) is 34.3. The lowest BCUT2D eigenvalue weighted by Gasteiger charge is -2.14. The first-order valence-corrected chi connectivity index (χ1v) is 17.4. The standard InChI is InChI=1S/C36H38FN5O5S/c1-3-10-32-39-30-19-21-41(24-34(44)38-20-4-2)36(45)35(30)42(32)23-27-17-16-26(22-29(27)37)28-13-8-9-14-31(28)48(46,47)40-33(43)18-15-25-11-6-5-7-12-25/h5-9,11-14,16-17,19,21-22H,3-4,10,15,18,20,23-24H2,1-2H3,(H,38,44)(H,40,43). The second kappa shape index (κ2) is 15.2. The minimum atomic E-state index is -4.27. The molecule has 48 heavy (non-hydrogen) atoms. The van der Waals surface area contributed by atoms with Crippen LogP contribution >= 0.6 is 0 Å². The molecule has 2 N–H and O–H groups in total. The molecule has 0 fully saturated rings. The second-order valence-electron chi connectivity index (χ2n) is 11.5. The van der Waals surface area contributed by atoms with Gasteiger partial charge in [0.05, 0.1) is 17.0 Å². The summed E-state index contributed by atoms with van der Waals surface area (Å²) in [5.74, 6) is -0.924. The van der Waals surface area contributed by atoms with E-state index < -0.39 is 27.3 Å². The van der Waals surface area contributed by atoms with Gasteiger partial charge in [0, 0.05) is 36.7 Å². The fraction of sp³-hybridized carbons (Fsp3) is 0.278. The summed E-state index contributed by atoms with van der Waals surface area (Å²) in [6.07, 6.45) is 3.96. The summed E-state index contributed by atoms with van der Waals surface area (Å²) >= 11 is 0. The van der Waals surface area contributed by atoms with Gasteiger partial charge in [0.25, 0.3) is 15.6 Å². The molecule has 0 aliphatic heterocycles. The molecular weight excluding hydrogens is 633 g/mol. The molecule has 0 aliphatic carbocycles. The van der Waals surface area contributed by atoms with Crippen molar-refractivity contribution in [3.05, 3.63) is 118 Å². The number of nitrogens with one attached hydrogen (secondary N) is 2. The Morgan fingerprint density at radius 1 is 0.896 bits per heavy atom. The van der Waals surface area contributed by atoms with E-state index >= 15 is 4.39 Å². The largest absolute Gasteiger partial charge is 0.355 e. The lowest BCUT2D eigenvalue weighted by atomic mass is 10.0. The van der Waals surface area contributed by atoms with Crippen molar-refractivity contribution >= 4 is 32.9 Å². The molecule has 0 saturated heterocycles. The number of sulfonamides is 1. The maximum absolute atomic E-state index is 15.8. The van der Waals surface area contributed by atoms with Crippen molar-refractivity contribution in [2.45, 2.75) is 63.9 Å². The molecule has 2 aromatic heterocycles. The Bertz CT molecular complexity index is 2110. The highest BCUT2D eigenvalue weighted by molar-refractivity contribution is 7.90. The van der Waals surface area contributed by atoms with Gasteiger partial charge in [0.15, 0.2) is 0 Å². The van der Waals surface area contributed by atoms with Crippen LogP contribution in [0.4, 0.5) is 4.39 Å². The summed E-state index contributed by atoms with van der Waals surface area (Å²) < 4.78 is 47.6. The second-order valence-corrected chi connectivity index (χ2v) is 13.2. The number of carbonyl (C=O) groups excluding carboxylic acids is 2. The molecule has 2 amide bonds. The van der Waals surface area contributed by atoms with Gasteiger partial charge in [-0.2, -0.15) is 0 Å². The normalized spacial score (nSPS) is 11.5. The Morgan fingerprint density at radius 3 is 2.38 bits per heavy atom. The number of amides is 2. The smallest absolute Gasteiger partial charge is 0.277 e. The quantitative estimate of drug-likeness (QED) is 0.171. The number of rotatable bonds is 14. The van der Waals surface area contributed by atoms with Crippen molar-refractivity contribution in [1.29, 1.82) is 0 Å². The number of hydrogen-bond donors (Lipinski definition) is 2. The number of aromatic nitrogens is 3. The van der Waals surface area contributed by atoms with Crippen molar-refractivity contribution in [3.8, 4) is 11.1 Å². The van der Waals surface area contributed by atoms with Crippen molar-refractivity contribution in [1.82, 2.24) is 24.2 Å². The van der Waals surface area contributed by atoms with Gasteiger partial charge >= 0.3 is 0 Å². The molecule has 3 aromatic carbocycles. The van der Waals surface area contributed by atoms with Crippen molar-refractivity contribution in [2.75, 3.05) is 6.54 Å². The number of nitrogens with zero attached hydrogens (tertiary/aromatic N) is 3. The average Bonchev–Trinajstić information content (AvgIpc) is 3.42. The van der Waals surface area contributed by atoms with Crippen LogP contribution < -0.4 is 15.6 Å². The van der Waals surface area contributed by atoms with Crippen LogP contribution in [0, 0.1) is 5.82 Å². The van der Waals surface area contributed by atoms with E-state index in [0.717, 1.165) is 18.4 Å². The SMILES string of the molecule is CCCNC(=O)Cn1ccc2nc(CCC)n(Cc3ccc(-c4ccccc4S(=O)(=O)NC(=O)CCc4ccccc4)cc3F)c2c1=O. The van der Waals surface area contributed by atoms with Crippen LogP contribution in [-0.2, 0) is 45.5 Å². The molecule has 12 heteroatoms. The average molecular weight is 672 g/mol. The predicted octanol–water partition coefficient (Wildman–Crippen LogP) is 4.97. The Hall–Kier alpha value is -5.10. The monoisotopic (exact) mass is 671 g/mol. The number of halogens is 1. The summed E-state index contributed by atoms with van der Waals surface area (Å²) in [7, 11) is -4.27. The maximum atomic E-state index is 15.8. The molecule has 2 heterocycles. The fourth-order valence-corrected chi connectivity index (χ4v) is 6.77. The summed E-state index contributed by atoms with van der Waals surface area (Å²) in [6, 6.07) is 21.5. The van der Waals surface area contributed by atoms with Gasteiger partial charge in [0.1, 0.15) is 23.7 Å². The molecule has 0 spiro atoms. The summed E-state index contributed by atoms with van der Waals surface area (Å²) in [6.45, 7) is 4.27. The Labute approximate surface area is 278 Å². The van der Waals surface area contributed by atoms with E-state index in [2.05, 4.69) is 15.0 Å². The Morgan fingerprint density at radius 2 is 1.65 bits per heavy atom. The number of pyridine rings is 1. The number of hydrogen-bond acceptors (Lipinski definition) is 6. The van der Waals surface area contributed by atoms with E-state index in [1.54, 1.807) is 34.9 Å². The number of fused-ring (bicyclic) bond motifs is 1. The van der Waals surface area contributed by atoms with Crippen molar-refractivity contribution in [2.24, 2.45) is 0 Å². The van der Waals surface area contributed by atoms with Gasteiger partial charge < -0.3 is 14.5 Å². The lowest BCUT2D eigenvalue weighted by Crippen LogP contribution is -2.33. The van der Waals surface area contributed by atoms with Crippen LogP contribution in [0.5, 0.6) is 0 Å². The van der Waals surface area contributed by atoms with E-state index in [9.17, 15) is 22.8 Å². The van der Waals surface area contributed by atoms with Crippen LogP contribution in [0.3, 0.4) is 0 Å². The highest BCUT2D eigenvalue weighted by atomic mass is 32.2.